The van der Waals surface area contributed by atoms with Gasteiger partial charge in [0.25, 0.3) is 11.8 Å². The molecule has 0 saturated carbocycles. The average Bonchev–Trinajstić information content (AvgIpc) is 3.44. The van der Waals surface area contributed by atoms with Gasteiger partial charge in [-0.15, -0.1) is 0 Å². The second-order valence-electron chi connectivity index (χ2n) is 9.18. The number of nitriles is 1. The molecule has 2 aromatic heterocycles. The SMILES string of the molecule is N#Cc1ccc(-n2nc3c(c2C(=O)NCC(N)=O)C(=O)N[C@]2(CCc4cc(OCC(F)(F)F)ccc42)C3)nc1. The van der Waals surface area contributed by atoms with Gasteiger partial charge < -0.3 is 21.1 Å². The van der Waals surface area contributed by atoms with Crippen molar-refractivity contribution in [1.82, 2.24) is 25.4 Å². The first-order chi connectivity index (χ1) is 18.5. The van der Waals surface area contributed by atoms with E-state index < -0.39 is 42.6 Å². The van der Waals surface area contributed by atoms with E-state index in [1.807, 2.05) is 6.07 Å². The predicted octanol–water partition coefficient (Wildman–Crippen LogP) is 1.42. The Kier molecular flexibility index (Phi) is 6.21. The van der Waals surface area contributed by atoms with Crippen molar-refractivity contribution < 1.29 is 32.3 Å². The number of alkyl halides is 3. The van der Waals surface area contributed by atoms with Crippen LogP contribution in [0.3, 0.4) is 0 Å². The lowest BCUT2D eigenvalue weighted by atomic mass is 9.82. The van der Waals surface area contributed by atoms with Crippen molar-refractivity contribution in [1.29, 1.82) is 5.26 Å². The van der Waals surface area contributed by atoms with Gasteiger partial charge in [0, 0.05) is 12.6 Å². The third kappa shape index (κ3) is 4.86. The lowest BCUT2D eigenvalue weighted by Crippen LogP contribution is -2.50. The lowest BCUT2D eigenvalue weighted by Gasteiger charge is -2.35. The molecule has 0 radical (unpaired) electrons. The van der Waals surface area contributed by atoms with E-state index in [9.17, 15) is 27.6 Å². The summed E-state index contributed by atoms with van der Waals surface area (Å²) in [5.41, 5.74) is 6.09. The smallest absolute Gasteiger partial charge is 0.422 e. The summed E-state index contributed by atoms with van der Waals surface area (Å²) in [6.07, 6.45) is -2.09. The molecule has 1 atom stereocenters. The molecular weight excluding hydrogens is 519 g/mol. The lowest BCUT2D eigenvalue weighted by molar-refractivity contribution is -0.153. The minimum absolute atomic E-state index is 0.00710. The van der Waals surface area contributed by atoms with Crippen LogP contribution < -0.4 is 21.1 Å². The molecule has 39 heavy (non-hydrogen) atoms. The minimum atomic E-state index is -4.47. The van der Waals surface area contributed by atoms with E-state index in [4.69, 9.17) is 15.7 Å². The first-order valence-corrected chi connectivity index (χ1v) is 11.7. The number of fused-ring (bicyclic) bond motifs is 3. The fourth-order valence-corrected chi connectivity index (χ4v) is 4.93. The van der Waals surface area contributed by atoms with Gasteiger partial charge in [0.15, 0.2) is 12.4 Å². The molecule has 11 nitrogen and oxygen atoms in total. The number of nitrogens with one attached hydrogen (secondary N) is 2. The number of carbonyl (C=O) groups excluding carboxylic acids is 3. The number of ether oxygens (including phenoxy) is 1. The number of benzene rings is 1. The molecule has 3 amide bonds. The maximum absolute atomic E-state index is 13.5. The van der Waals surface area contributed by atoms with E-state index in [2.05, 4.69) is 20.7 Å². The van der Waals surface area contributed by atoms with Gasteiger partial charge in [0.1, 0.15) is 17.5 Å². The van der Waals surface area contributed by atoms with Crippen molar-refractivity contribution in [3.05, 3.63) is 70.2 Å². The number of hydrogen-bond acceptors (Lipinski definition) is 7. The van der Waals surface area contributed by atoms with Crippen molar-refractivity contribution in [2.45, 2.75) is 31.0 Å². The largest absolute Gasteiger partial charge is 0.484 e. The highest BCUT2D eigenvalue weighted by Gasteiger charge is 2.47. The van der Waals surface area contributed by atoms with Gasteiger partial charge in [-0.1, -0.05) is 6.07 Å². The number of aromatic nitrogens is 3. The molecule has 5 rings (SSSR count). The summed E-state index contributed by atoms with van der Waals surface area (Å²) >= 11 is 0. The third-order valence-corrected chi connectivity index (χ3v) is 6.56. The average molecular weight is 539 g/mol. The topological polar surface area (TPSA) is 165 Å². The van der Waals surface area contributed by atoms with Gasteiger partial charge in [0.2, 0.25) is 5.91 Å². The van der Waals surface area contributed by atoms with Crippen molar-refractivity contribution in [3.63, 3.8) is 0 Å². The molecule has 0 fully saturated rings. The summed E-state index contributed by atoms with van der Waals surface area (Å²) < 4.78 is 43.8. The zero-order valence-electron chi connectivity index (χ0n) is 20.1. The summed E-state index contributed by atoms with van der Waals surface area (Å²) in [6, 6.07) is 9.45. The first kappa shape index (κ1) is 25.7. The number of nitrogens with zero attached hydrogens (tertiary/aromatic N) is 4. The molecule has 2 aliphatic rings. The molecule has 0 saturated heterocycles. The first-order valence-electron chi connectivity index (χ1n) is 11.7. The van der Waals surface area contributed by atoms with Gasteiger partial charge in [-0.25, -0.2) is 9.67 Å². The van der Waals surface area contributed by atoms with E-state index in [0.717, 1.165) is 5.56 Å². The Balaban J connectivity index is 1.53. The number of carbonyl (C=O) groups is 3. The number of nitrogens with two attached hydrogens (primary N) is 1. The summed E-state index contributed by atoms with van der Waals surface area (Å²) in [5, 5.41) is 18.9. The number of primary amides is 1. The van der Waals surface area contributed by atoms with E-state index >= 15 is 0 Å². The molecular formula is C25H20F3N7O4. The van der Waals surface area contributed by atoms with Crippen LogP contribution in [0.15, 0.2) is 36.5 Å². The van der Waals surface area contributed by atoms with Gasteiger partial charge in [-0.3, -0.25) is 14.4 Å². The highest BCUT2D eigenvalue weighted by atomic mass is 19.4. The van der Waals surface area contributed by atoms with Crippen molar-refractivity contribution in [2.75, 3.05) is 13.2 Å². The summed E-state index contributed by atoms with van der Waals surface area (Å²) in [6.45, 7) is -1.89. The standard InChI is InChI=1S/C25H20F3N7O4/c26-25(27,28)12-39-15-2-3-16-14(7-15)5-6-24(16)8-17-20(22(37)33-24)21(23(38)32-11-18(30)36)35(34-17)19-4-1-13(9-29)10-31-19/h1-4,7,10H,5-6,8,11-12H2,(H2,30,36)(H,32,38)(H,33,37)/t24-/m1/s1. The zero-order chi connectivity index (χ0) is 27.9. The molecule has 1 aliphatic carbocycles. The van der Waals surface area contributed by atoms with Crippen LogP contribution in [-0.2, 0) is 23.2 Å². The number of hydrogen-bond donors (Lipinski definition) is 3. The molecule has 3 aromatic rings. The fraction of sp³-hybridized carbons (Fsp3) is 0.280. The van der Waals surface area contributed by atoms with E-state index in [0.29, 0.717) is 24.1 Å². The zero-order valence-corrected chi connectivity index (χ0v) is 20.1. The van der Waals surface area contributed by atoms with Crippen LogP contribution in [0.2, 0.25) is 0 Å². The molecule has 0 bridgehead atoms. The van der Waals surface area contributed by atoms with Crippen LogP contribution in [0, 0.1) is 11.3 Å². The highest BCUT2D eigenvalue weighted by molar-refractivity contribution is 6.09. The van der Waals surface area contributed by atoms with Crippen LogP contribution in [0.25, 0.3) is 5.82 Å². The van der Waals surface area contributed by atoms with Crippen LogP contribution in [-0.4, -0.2) is 51.8 Å². The fourth-order valence-electron chi connectivity index (χ4n) is 4.93. The third-order valence-electron chi connectivity index (χ3n) is 6.56. The Hall–Kier alpha value is -4.93. The summed E-state index contributed by atoms with van der Waals surface area (Å²) in [4.78, 5) is 42.0. The molecule has 1 aliphatic heterocycles. The normalized spacial score (nSPS) is 17.6. The number of rotatable bonds is 6. The predicted molar refractivity (Wildman–Crippen MR) is 127 cm³/mol. The Bertz CT molecular complexity index is 1540. The van der Waals surface area contributed by atoms with Crippen molar-refractivity contribution >= 4 is 17.7 Å². The Morgan fingerprint density at radius 3 is 2.74 bits per heavy atom. The summed E-state index contributed by atoms with van der Waals surface area (Å²) in [7, 11) is 0. The monoisotopic (exact) mass is 539 g/mol. The molecule has 4 N–H and O–H groups in total. The maximum atomic E-state index is 13.5. The van der Waals surface area contributed by atoms with E-state index in [1.54, 1.807) is 6.07 Å². The second-order valence-corrected chi connectivity index (χ2v) is 9.18. The van der Waals surface area contributed by atoms with E-state index in [-0.39, 0.29) is 34.8 Å². The Morgan fingerprint density at radius 2 is 2.08 bits per heavy atom. The Morgan fingerprint density at radius 1 is 1.28 bits per heavy atom. The van der Waals surface area contributed by atoms with Crippen LogP contribution >= 0.6 is 0 Å². The number of halogens is 3. The number of amides is 3. The Labute approximate surface area is 218 Å². The molecule has 1 aromatic carbocycles. The highest BCUT2D eigenvalue weighted by Crippen LogP contribution is 2.44. The van der Waals surface area contributed by atoms with Crippen LogP contribution in [0.5, 0.6) is 5.75 Å². The molecule has 3 heterocycles. The van der Waals surface area contributed by atoms with Gasteiger partial charge in [0.05, 0.1) is 28.9 Å². The van der Waals surface area contributed by atoms with Gasteiger partial charge >= 0.3 is 6.18 Å². The molecule has 14 heteroatoms. The molecule has 1 spiro atoms. The number of aryl methyl sites for hydroxylation is 1. The molecule has 200 valence electrons. The maximum Gasteiger partial charge on any atom is 0.422 e. The number of pyridine rings is 1. The quantitative estimate of drug-likeness (QED) is 0.426. The van der Waals surface area contributed by atoms with Crippen LogP contribution in [0.4, 0.5) is 13.2 Å². The minimum Gasteiger partial charge on any atom is -0.484 e. The molecule has 0 unspecified atom stereocenters. The van der Waals surface area contributed by atoms with Gasteiger partial charge in [-0.05, 0) is 48.2 Å². The van der Waals surface area contributed by atoms with Crippen molar-refractivity contribution in [3.8, 4) is 17.6 Å². The summed E-state index contributed by atoms with van der Waals surface area (Å²) in [5.74, 6) is -1.93. The van der Waals surface area contributed by atoms with Crippen LogP contribution in [0.1, 0.15) is 49.7 Å². The van der Waals surface area contributed by atoms with Gasteiger partial charge in [-0.2, -0.15) is 23.5 Å². The second kappa shape index (κ2) is 9.43. The van der Waals surface area contributed by atoms with Crippen molar-refractivity contribution in [2.24, 2.45) is 5.73 Å². The van der Waals surface area contributed by atoms with E-state index in [1.165, 1.54) is 35.1 Å².